The molecule has 0 atom stereocenters. The Morgan fingerprint density at radius 3 is 2.45 bits per heavy atom. The molecule has 1 aromatic heterocycles. The monoisotopic (exact) mass is 425 g/mol. The molecule has 0 spiro atoms. The third-order valence-corrected chi connectivity index (χ3v) is 5.56. The van der Waals surface area contributed by atoms with Gasteiger partial charge in [0.1, 0.15) is 0 Å². The quantitative estimate of drug-likeness (QED) is 0.480. The molecule has 5 heteroatoms. The van der Waals surface area contributed by atoms with Crippen molar-refractivity contribution < 1.29 is 9.59 Å². The lowest BCUT2D eigenvalue weighted by atomic mass is 10.1. The Morgan fingerprint density at radius 2 is 1.81 bits per heavy atom. The molecular formula is C26H39N3O2. The Kier molecular flexibility index (Phi) is 9.83. The number of nitrogens with zero attached hydrogens (tertiary/aromatic N) is 3. The minimum absolute atomic E-state index is 0.0150. The first-order valence-electron chi connectivity index (χ1n) is 11.6. The van der Waals surface area contributed by atoms with E-state index in [0.29, 0.717) is 19.5 Å². The second-order valence-electron chi connectivity index (χ2n) is 8.65. The SMILES string of the molecule is CCCCN(Cc1cccn1Cc1cccc(C)c1)C(=O)CN(C(=O)CCC)C(C)C. The number of carbonyl (C=O) groups is 2. The zero-order valence-corrected chi connectivity index (χ0v) is 19.9. The predicted molar refractivity (Wildman–Crippen MR) is 127 cm³/mol. The van der Waals surface area contributed by atoms with Crippen LogP contribution < -0.4 is 0 Å². The van der Waals surface area contributed by atoms with Gasteiger partial charge in [-0.15, -0.1) is 0 Å². The summed E-state index contributed by atoms with van der Waals surface area (Å²) >= 11 is 0. The Balaban J connectivity index is 2.15. The molecular weight excluding hydrogens is 386 g/mol. The molecule has 0 N–H and O–H groups in total. The first-order chi connectivity index (χ1) is 14.8. The Morgan fingerprint density at radius 1 is 1.03 bits per heavy atom. The molecule has 0 saturated carbocycles. The number of carbonyl (C=O) groups excluding carboxylic acids is 2. The van der Waals surface area contributed by atoms with Crippen molar-refractivity contribution in [1.29, 1.82) is 0 Å². The first kappa shape index (κ1) is 24.7. The molecule has 1 heterocycles. The van der Waals surface area contributed by atoms with Gasteiger partial charge in [-0.3, -0.25) is 9.59 Å². The van der Waals surface area contributed by atoms with Gasteiger partial charge in [0.25, 0.3) is 0 Å². The van der Waals surface area contributed by atoms with Crippen LogP contribution in [0.5, 0.6) is 0 Å². The van der Waals surface area contributed by atoms with Gasteiger partial charge in [0.2, 0.25) is 11.8 Å². The average molecular weight is 426 g/mol. The van der Waals surface area contributed by atoms with Crippen molar-refractivity contribution in [1.82, 2.24) is 14.4 Å². The van der Waals surface area contributed by atoms with Crippen LogP contribution >= 0.6 is 0 Å². The van der Waals surface area contributed by atoms with E-state index in [1.807, 2.05) is 31.7 Å². The van der Waals surface area contributed by atoms with Gasteiger partial charge in [-0.1, -0.05) is 50.1 Å². The largest absolute Gasteiger partial charge is 0.345 e. The summed E-state index contributed by atoms with van der Waals surface area (Å²) in [6.07, 6.45) is 5.33. The molecule has 0 aliphatic rings. The van der Waals surface area contributed by atoms with Gasteiger partial charge in [-0.25, -0.2) is 0 Å². The van der Waals surface area contributed by atoms with Gasteiger partial charge < -0.3 is 14.4 Å². The van der Waals surface area contributed by atoms with Gasteiger partial charge in [0.15, 0.2) is 0 Å². The van der Waals surface area contributed by atoms with E-state index in [0.717, 1.165) is 31.5 Å². The van der Waals surface area contributed by atoms with Crippen molar-refractivity contribution in [2.24, 2.45) is 0 Å². The zero-order chi connectivity index (χ0) is 22.8. The summed E-state index contributed by atoms with van der Waals surface area (Å²) in [6, 6.07) is 12.7. The zero-order valence-electron chi connectivity index (χ0n) is 19.9. The number of rotatable bonds is 12. The van der Waals surface area contributed by atoms with Gasteiger partial charge in [0, 0.05) is 37.4 Å². The van der Waals surface area contributed by atoms with Crippen molar-refractivity contribution in [3.05, 3.63) is 59.4 Å². The Hall–Kier alpha value is -2.56. The van der Waals surface area contributed by atoms with Crippen molar-refractivity contribution >= 4 is 11.8 Å². The fraction of sp³-hybridized carbons (Fsp3) is 0.538. The first-order valence-corrected chi connectivity index (χ1v) is 11.6. The molecule has 2 rings (SSSR count). The molecule has 0 aliphatic heterocycles. The summed E-state index contributed by atoms with van der Waals surface area (Å²) in [7, 11) is 0. The lowest BCUT2D eigenvalue weighted by molar-refractivity contribution is -0.142. The molecule has 2 amide bonds. The topological polar surface area (TPSA) is 45.6 Å². The maximum absolute atomic E-state index is 13.2. The maximum atomic E-state index is 13.2. The fourth-order valence-electron chi connectivity index (χ4n) is 3.75. The average Bonchev–Trinajstić information content (AvgIpc) is 3.15. The van der Waals surface area contributed by atoms with E-state index in [4.69, 9.17) is 0 Å². The van der Waals surface area contributed by atoms with Gasteiger partial charge in [-0.2, -0.15) is 0 Å². The number of hydrogen-bond acceptors (Lipinski definition) is 2. The Labute approximate surface area is 188 Å². The van der Waals surface area contributed by atoms with E-state index in [1.165, 1.54) is 11.1 Å². The van der Waals surface area contributed by atoms with Gasteiger partial charge in [0.05, 0.1) is 13.1 Å². The highest BCUT2D eigenvalue weighted by molar-refractivity contribution is 5.85. The fourth-order valence-corrected chi connectivity index (χ4v) is 3.75. The van der Waals surface area contributed by atoms with E-state index >= 15 is 0 Å². The number of amides is 2. The smallest absolute Gasteiger partial charge is 0.242 e. The number of aromatic nitrogens is 1. The lowest BCUT2D eigenvalue weighted by Gasteiger charge is -2.30. The van der Waals surface area contributed by atoms with Crippen LogP contribution in [-0.2, 0) is 22.7 Å². The summed E-state index contributed by atoms with van der Waals surface area (Å²) < 4.78 is 2.21. The van der Waals surface area contributed by atoms with Crippen LogP contribution in [0.25, 0.3) is 0 Å². The molecule has 0 fully saturated rings. The molecule has 0 unspecified atom stereocenters. The summed E-state index contributed by atoms with van der Waals surface area (Å²) in [5.41, 5.74) is 3.61. The van der Waals surface area contributed by atoms with E-state index < -0.39 is 0 Å². The summed E-state index contributed by atoms with van der Waals surface area (Å²) in [4.78, 5) is 29.4. The molecule has 0 bridgehead atoms. The predicted octanol–water partition coefficient (Wildman–Crippen LogP) is 5.01. The summed E-state index contributed by atoms with van der Waals surface area (Å²) in [6.45, 7) is 12.4. The van der Waals surface area contributed by atoms with E-state index in [9.17, 15) is 9.59 Å². The number of hydrogen-bond donors (Lipinski definition) is 0. The lowest BCUT2D eigenvalue weighted by Crippen LogP contribution is -2.46. The normalized spacial score (nSPS) is 11.0. The standard InChI is InChI=1S/C26H39N3O2/c1-6-8-15-28(26(31)20-29(21(3)4)25(30)11-7-2)19-24-14-10-16-27(24)18-23-13-9-12-22(5)17-23/h9-10,12-14,16-17,21H,6-8,11,15,18-20H2,1-5H3. The summed E-state index contributed by atoms with van der Waals surface area (Å²) in [5.74, 6) is 0.0824. The third-order valence-electron chi connectivity index (χ3n) is 5.56. The maximum Gasteiger partial charge on any atom is 0.242 e. The Bertz CT molecular complexity index is 841. The van der Waals surface area contributed by atoms with Crippen molar-refractivity contribution in [2.75, 3.05) is 13.1 Å². The van der Waals surface area contributed by atoms with Crippen molar-refractivity contribution in [2.45, 2.75) is 79.4 Å². The van der Waals surface area contributed by atoms with Crippen LogP contribution in [0.4, 0.5) is 0 Å². The highest BCUT2D eigenvalue weighted by Gasteiger charge is 2.23. The highest BCUT2D eigenvalue weighted by atomic mass is 16.2. The minimum Gasteiger partial charge on any atom is -0.345 e. The van der Waals surface area contributed by atoms with Crippen molar-refractivity contribution in [3.8, 4) is 0 Å². The van der Waals surface area contributed by atoms with Gasteiger partial charge >= 0.3 is 0 Å². The molecule has 0 saturated heterocycles. The number of unbranched alkanes of at least 4 members (excludes halogenated alkanes) is 1. The third kappa shape index (κ3) is 7.57. The van der Waals surface area contributed by atoms with E-state index in [2.05, 4.69) is 54.9 Å². The molecule has 5 nitrogen and oxygen atoms in total. The molecule has 170 valence electrons. The van der Waals surface area contributed by atoms with Crippen molar-refractivity contribution in [3.63, 3.8) is 0 Å². The second-order valence-corrected chi connectivity index (χ2v) is 8.65. The van der Waals surface area contributed by atoms with E-state index in [-0.39, 0.29) is 24.4 Å². The molecule has 2 aromatic rings. The summed E-state index contributed by atoms with van der Waals surface area (Å²) in [5, 5.41) is 0. The van der Waals surface area contributed by atoms with Crippen LogP contribution in [0.15, 0.2) is 42.6 Å². The number of aryl methyl sites for hydroxylation is 1. The second kappa shape index (κ2) is 12.3. The number of benzene rings is 1. The highest BCUT2D eigenvalue weighted by Crippen LogP contribution is 2.14. The molecule has 0 radical (unpaired) electrons. The minimum atomic E-state index is 0.0150. The van der Waals surface area contributed by atoms with Crippen LogP contribution in [0.1, 0.15) is 70.2 Å². The van der Waals surface area contributed by atoms with Crippen LogP contribution in [0.2, 0.25) is 0 Å². The van der Waals surface area contributed by atoms with Crippen LogP contribution in [0.3, 0.4) is 0 Å². The van der Waals surface area contributed by atoms with Crippen LogP contribution in [0, 0.1) is 6.92 Å². The molecule has 0 aliphatic carbocycles. The van der Waals surface area contributed by atoms with Crippen LogP contribution in [-0.4, -0.2) is 45.3 Å². The molecule has 1 aromatic carbocycles. The molecule has 31 heavy (non-hydrogen) atoms. The van der Waals surface area contributed by atoms with Gasteiger partial charge in [-0.05, 0) is 51.3 Å². The van der Waals surface area contributed by atoms with E-state index in [1.54, 1.807) is 4.90 Å².